The van der Waals surface area contributed by atoms with Gasteiger partial charge in [0.05, 0.1) is 5.69 Å². The van der Waals surface area contributed by atoms with Crippen molar-refractivity contribution in [1.29, 1.82) is 0 Å². The molecule has 6 nitrogen and oxygen atoms in total. The first-order valence-corrected chi connectivity index (χ1v) is 18.0. The Balaban J connectivity index is 1.07. The predicted octanol–water partition coefficient (Wildman–Crippen LogP) is 11.9. The highest BCUT2D eigenvalue weighted by Gasteiger charge is 2.26. The molecular weight excluding hydrogens is 665 g/mol. The summed E-state index contributed by atoms with van der Waals surface area (Å²) >= 11 is 0. The van der Waals surface area contributed by atoms with E-state index >= 15 is 0 Å². The average molecular weight is 695 g/mol. The topological polar surface area (TPSA) is 75.9 Å². The van der Waals surface area contributed by atoms with Gasteiger partial charge in [-0.1, -0.05) is 133 Å². The molecule has 0 fully saturated rings. The van der Waals surface area contributed by atoms with Crippen molar-refractivity contribution in [2.24, 2.45) is 9.98 Å². The Labute approximate surface area is 309 Å². The normalized spacial score (nSPS) is 14.5. The maximum atomic E-state index is 6.54. The maximum Gasteiger partial charge on any atom is 0.160 e. The van der Waals surface area contributed by atoms with Crippen molar-refractivity contribution in [1.82, 2.24) is 10.3 Å². The van der Waals surface area contributed by atoms with E-state index in [1.54, 1.807) is 0 Å². The molecule has 10 aromatic rings. The molecule has 0 aliphatic carbocycles. The number of amidine groups is 2. The number of para-hydroxylation sites is 1. The molecule has 3 aromatic heterocycles. The van der Waals surface area contributed by atoms with Crippen LogP contribution >= 0.6 is 0 Å². The fraction of sp³-hybridized carbons (Fsp3) is 0.0208. The van der Waals surface area contributed by atoms with Crippen LogP contribution in [0.3, 0.4) is 0 Å². The van der Waals surface area contributed by atoms with E-state index < -0.39 is 6.17 Å². The Hall–Kier alpha value is -7.31. The van der Waals surface area contributed by atoms with E-state index in [-0.39, 0.29) is 0 Å². The molecule has 0 saturated heterocycles. The smallest absolute Gasteiger partial charge is 0.160 e. The first-order chi connectivity index (χ1) is 26.7. The standard InChI is InChI=1S/C48H30N4O2/c1-2-10-29(11-3-1)31-20-23-32(24-21-31)46-50-47(36-15-8-18-41-44(36)35-14-6-7-17-40(35)53-41)52-48(51-46)37-16-9-19-42-45(37)38-28-49-39(27-43(38)54-42)34-25-22-30-12-4-5-13-33(30)26-34/h1-28,46H,(H,50,51,52). The summed E-state index contributed by atoms with van der Waals surface area (Å²) in [6, 6.07) is 56.2. The summed E-state index contributed by atoms with van der Waals surface area (Å²) < 4.78 is 12.8. The molecule has 1 aliphatic rings. The number of rotatable bonds is 5. The molecule has 54 heavy (non-hydrogen) atoms. The lowest BCUT2D eigenvalue weighted by molar-refractivity contribution is 0.667. The van der Waals surface area contributed by atoms with Gasteiger partial charge in [-0.15, -0.1) is 0 Å². The zero-order valence-corrected chi connectivity index (χ0v) is 28.9. The second-order valence-corrected chi connectivity index (χ2v) is 13.6. The van der Waals surface area contributed by atoms with Crippen LogP contribution in [0.1, 0.15) is 22.9 Å². The number of benzene rings is 7. The van der Waals surface area contributed by atoms with Crippen LogP contribution in [0.25, 0.3) is 77.0 Å². The third-order valence-corrected chi connectivity index (χ3v) is 10.4. The molecule has 1 unspecified atom stereocenters. The third kappa shape index (κ3) is 4.99. The van der Waals surface area contributed by atoms with Crippen LogP contribution in [-0.2, 0) is 0 Å². The predicted molar refractivity (Wildman–Crippen MR) is 219 cm³/mol. The van der Waals surface area contributed by atoms with E-state index in [9.17, 15) is 0 Å². The Morgan fingerprint density at radius 3 is 2.00 bits per heavy atom. The van der Waals surface area contributed by atoms with Crippen molar-refractivity contribution < 1.29 is 8.83 Å². The minimum Gasteiger partial charge on any atom is -0.456 e. The summed E-state index contributed by atoms with van der Waals surface area (Å²) in [6.07, 6.45) is 1.51. The van der Waals surface area contributed by atoms with Gasteiger partial charge in [0.25, 0.3) is 0 Å². The zero-order valence-electron chi connectivity index (χ0n) is 28.9. The van der Waals surface area contributed by atoms with Gasteiger partial charge >= 0.3 is 0 Å². The van der Waals surface area contributed by atoms with Gasteiger partial charge < -0.3 is 14.2 Å². The fourth-order valence-corrected chi connectivity index (χ4v) is 7.75. The number of nitrogens with zero attached hydrogens (tertiary/aromatic N) is 3. The number of pyridine rings is 1. The second-order valence-electron chi connectivity index (χ2n) is 13.6. The number of furan rings is 2. The number of aliphatic imine (C=N–C) groups is 2. The number of aromatic nitrogens is 1. The first-order valence-electron chi connectivity index (χ1n) is 18.0. The van der Waals surface area contributed by atoms with E-state index in [1.165, 1.54) is 16.3 Å². The van der Waals surface area contributed by atoms with Crippen molar-refractivity contribution in [2.45, 2.75) is 6.17 Å². The molecule has 0 radical (unpaired) electrons. The van der Waals surface area contributed by atoms with Crippen molar-refractivity contribution in [3.05, 3.63) is 187 Å². The average Bonchev–Trinajstić information content (AvgIpc) is 3.82. The van der Waals surface area contributed by atoms with Crippen molar-refractivity contribution >= 4 is 66.3 Å². The second kappa shape index (κ2) is 12.1. The number of nitrogens with one attached hydrogen (secondary N) is 1. The molecule has 0 bridgehead atoms. The van der Waals surface area contributed by atoms with Gasteiger partial charge in [-0.05, 0) is 51.7 Å². The minimum atomic E-state index is -0.406. The molecule has 254 valence electrons. The van der Waals surface area contributed by atoms with E-state index in [0.717, 1.165) is 83.2 Å². The number of hydrogen-bond donors (Lipinski definition) is 1. The van der Waals surface area contributed by atoms with Gasteiger partial charge in [0.2, 0.25) is 0 Å². The van der Waals surface area contributed by atoms with Crippen LogP contribution in [0.15, 0.2) is 189 Å². The Morgan fingerprint density at radius 1 is 0.481 bits per heavy atom. The van der Waals surface area contributed by atoms with Crippen LogP contribution in [0.5, 0.6) is 0 Å². The minimum absolute atomic E-state index is 0.406. The summed E-state index contributed by atoms with van der Waals surface area (Å²) in [7, 11) is 0. The van der Waals surface area contributed by atoms with Crippen LogP contribution in [0.4, 0.5) is 0 Å². The molecule has 0 saturated carbocycles. The quantitative estimate of drug-likeness (QED) is 0.195. The van der Waals surface area contributed by atoms with Crippen LogP contribution in [0.2, 0.25) is 0 Å². The van der Waals surface area contributed by atoms with Crippen LogP contribution in [0, 0.1) is 0 Å². The van der Waals surface area contributed by atoms with E-state index in [1.807, 2.05) is 60.8 Å². The molecule has 0 amide bonds. The zero-order chi connectivity index (χ0) is 35.6. The molecular formula is C48H30N4O2. The summed E-state index contributed by atoms with van der Waals surface area (Å²) in [5, 5.41) is 9.95. The van der Waals surface area contributed by atoms with E-state index in [4.69, 9.17) is 23.8 Å². The highest BCUT2D eigenvalue weighted by Crippen LogP contribution is 2.37. The van der Waals surface area contributed by atoms with Gasteiger partial charge in [-0.25, -0.2) is 9.98 Å². The fourth-order valence-electron chi connectivity index (χ4n) is 7.75. The summed E-state index contributed by atoms with van der Waals surface area (Å²) in [4.78, 5) is 15.5. The van der Waals surface area contributed by atoms with Gasteiger partial charge in [0.1, 0.15) is 34.3 Å². The third-order valence-electron chi connectivity index (χ3n) is 10.4. The Bertz CT molecular complexity index is 3140. The number of fused-ring (bicyclic) bond motifs is 7. The molecule has 1 N–H and O–H groups in total. The molecule has 6 heteroatoms. The van der Waals surface area contributed by atoms with Gasteiger partial charge in [0, 0.05) is 50.5 Å². The molecule has 0 spiro atoms. The molecule has 1 aliphatic heterocycles. The van der Waals surface area contributed by atoms with Crippen molar-refractivity contribution in [3.8, 4) is 22.4 Å². The SMILES string of the molecule is c1ccc(-c2ccc(C3N=C(c4cccc5oc6cc(-c7ccc8ccccc8c7)ncc6c45)N=C(c4cccc5oc6ccccc6c45)N3)cc2)cc1. The Morgan fingerprint density at radius 2 is 1.15 bits per heavy atom. The lowest BCUT2D eigenvalue weighted by atomic mass is 10.0. The van der Waals surface area contributed by atoms with Crippen molar-refractivity contribution in [3.63, 3.8) is 0 Å². The lowest BCUT2D eigenvalue weighted by Crippen LogP contribution is -2.33. The van der Waals surface area contributed by atoms with Crippen LogP contribution < -0.4 is 5.32 Å². The van der Waals surface area contributed by atoms with E-state index in [2.05, 4.69) is 115 Å². The largest absolute Gasteiger partial charge is 0.456 e. The maximum absolute atomic E-state index is 6.54. The molecule has 4 heterocycles. The van der Waals surface area contributed by atoms with Crippen molar-refractivity contribution in [2.75, 3.05) is 0 Å². The summed E-state index contributed by atoms with van der Waals surface area (Å²) in [6.45, 7) is 0. The molecule has 1 atom stereocenters. The highest BCUT2D eigenvalue weighted by atomic mass is 16.3. The molecule has 11 rings (SSSR count). The highest BCUT2D eigenvalue weighted by molar-refractivity contribution is 6.25. The molecule has 7 aromatic carbocycles. The van der Waals surface area contributed by atoms with Crippen LogP contribution in [-0.4, -0.2) is 16.7 Å². The van der Waals surface area contributed by atoms with Gasteiger partial charge in [-0.2, -0.15) is 0 Å². The number of hydrogen-bond acceptors (Lipinski definition) is 6. The summed E-state index contributed by atoms with van der Waals surface area (Å²) in [5.41, 5.74) is 10.2. The Kier molecular flexibility index (Phi) is 6.82. The first kappa shape index (κ1) is 30.3. The lowest BCUT2D eigenvalue weighted by Gasteiger charge is -2.24. The monoisotopic (exact) mass is 694 g/mol. The van der Waals surface area contributed by atoms with E-state index in [0.29, 0.717) is 5.84 Å². The van der Waals surface area contributed by atoms with Gasteiger partial charge in [-0.3, -0.25) is 4.98 Å². The summed E-state index contributed by atoms with van der Waals surface area (Å²) in [5.74, 6) is 1.33. The van der Waals surface area contributed by atoms with Gasteiger partial charge in [0.15, 0.2) is 5.84 Å².